The van der Waals surface area contributed by atoms with Crippen molar-refractivity contribution >= 4 is 15.7 Å². The molecular weight excluding hydrogens is 286 g/mol. The summed E-state index contributed by atoms with van der Waals surface area (Å²) in [6, 6.07) is 7.27. The fraction of sp³-hybridized carbons (Fsp3) is 0.600. The van der Waals surface area contributed by atoms with E-state index in [0.717, 1.165) is 25.1 Å². The summed E-state index contributed by atoms with van der Waals surface area (Å²) < 4.78 is 26.7. The largest absolute Gasteiger partial charge is 0.374 e. The van der Waals surface area contributed by atoms with Crippen molar-refractivity contribution in [3.05, 3.63) is 24.3 Å². The van der Waals surface area contributed by atoms with E-state index in [9.17, 15) is 8.42 Å². The van der Waals surface area contributed by atoms with Crippen molar-refractivity contribution in [1.29, 1.82) is 0 Å². The number of sulfonamides is 1. The van der Waals surface area contributed by atoms with E-state index >= 15 is 0 Å². The van der Waals surface area contributed by atoms with Crippen LogP contribution in [0.5, 0.6) is 0 Å². The predicted octanol–water partition coefficient (Wildman–Crippen LogP) is 1.55. The topological polar surface area (TPSA) is 75.4 Å². The van der Waals surface area contributed by atoms with Crippen LogP contribution in [0, 0.1) is 5.92 Å². The van der Waals surface area contributed by atoms with Gasteiger partial charge in [0.15, 0.2) is 0 Å². The Labute approximate surface area is 127 Å². The second-order valence-electron chi connectivity index (χ2n) is 6.25. The van der Waals surface area contributed by atoms with Gasteiger partial charge in [-0.1, -0.05) is 0 Å². The Bertz CT molecular complexity index is 563. The zero-order valence-electron chi connectivity index (χ0n) is 12.9. The zero-order chi connectivity index (χ0) is 15.6. The molecule has 1 saturated carbocycles. The number of nitrogens with zero attached hydrogens (tertiary/aromatic N) is 1. The van der Waals surface area contributed by atoms with E-state index in [2.05, 4.69) is 9.62 Å². The Morgan fingerprint density at radius 2 is 1.86 bits per heavy atom. The molecule has 1 aromatic rings. The Morgan fingerprint density at radius 3 is 2.33 bits per heavy atom. The average molecular weight is 311 g/mol. The third kappa shape index (κ3) is 4.18. The van der Waals surface area contributed by atoms with Crippen molar-refractivity contribution in [3.8, 4) is 0 Å². The summed E-state index contributed by atoms with van der Waals surface area (Å²) in [4.78, 5) is 2.46. The van der Waals surface area contributed by atoms with E-state index in [-0.39, 0.29) is 6.04 Å². The summed E-state index contributed by atoms with van der Waals surface area (Å²) in [5.74, 6) is 0.649. The molecule has 0 amide bonds. The Balaban J connectivity index is 2.01. The van der Waals surface area contributed by atoms with Crippen LogP contribution in [0.1, 0.15) is 26.7 Å². The fourth-order valence-electron chi connectivity index (χ4n) is 2.69. The van der Waals surface area contributed by atoms with Crippen molar-refractivity contribution in [2.24, 2.45) is 11.7 Å². The zero-order valence-corrected chi connectivity index (χ0v) is 13.7. The van der Waals surface area contributed by atoms with Crippen LogP contribution in [-0.4, -0.2) is 34.1 Å². The van der Waals surface area contributed by atoms with Gasteiger partial charge in [-0.3, -0.25) is 0 Å². The molecule has 0 heterocycles. The summed E-state index contributed by atoms with van der Waals surface area (Å²) in [6.45, 7) is 4.58. The number of nitrogens with one attached hydrogen (secondary N) is 1. The van der Waals surface area contributed by atoms with Crippen LogP contribution in [0.15, 0.2) is 29.2 Å². The monoisotopic (exact) mass is 311 g/mol. The van der Waals surface area contributed by atoms with Gasteiger partial charge in [-0.25, -0.2) is 13.1 Å². The van der Waals surface area contributed by atoms with Gasteiger partial charge < -0.3 is 10.6 Å². The van der Waals surface area contributed by atoms with Crippen molar-refractivity contribution in [2.75, 3.05) is 18.5 Å². The molecule has 0 radical (unpaired) electrons. The minimum absolute atomic E-state index is 0.111. The first-order chi connectivity index (χ1) is 9.78. The van der Waals surface area contributed by atoms with Gasteiger partial charge in [-0.15, -0.1) is 0 Å². The van der Waals surface area contributed by atoms with Crippen LogP contribution >= 0.6 is 0 Å². The molecule has 1 aliphatic rings. The lowest BCUT2D eigenvalue weighted by atomic mass is 9.80. The third-order valence-electron chi connectivity index (χ3n) is 3.78. The normalized spacial score (nSPS) is 22.1. The summed E-state index contributed by atoms with van der Waals surface area (Å²) >= 11 is 0. The SMILES string of the molecule is CC(C)NS(=O)(=O)c1ccc(N(C)CC2CC(N)C2)cc1. The van der Waals surface area contributed by atoms with E-state index in [1.54, 1.807) is 12.1 Å². The summed E-state index contributed by atoms with van der Waals surface area (Å²) in [5.41, 5.74) is 6.83. The molecule has 5 nitrogen and oxygen atoms in total. The maximum Gasteiger partial charge on any atom is 0.240 e. The van der Waals surface area contributed by atoms with Crippen LogP contribution in [0.2, 0.25) is 0 Å². The Morgan fingerprint density at radius 1 is 1.29 bits per heavy atom. The van der Waals surface area contributed by atoms with Gasteiger partial charge in [0.05, 0.1) is 4.90 Å². The molecule has 6 heteroatoms. The highest BCUT2D eigenvalue weighted by atomic mass is 32.2. The van der Waals surface area contributed by atoms with Crippen LogP contribution in [-0.2, 0) is 10.0 Å². The lowest BCUT2D eigenvalue weighted by molar-refractivity contribution is 0.271. The van der Waals surface area contributed by atoms with Gasteiger partial charge in [-0.2, -0.15) is 0 Å². The standard InChI is InChI=1S/C15H25N3O2S/c1-11(2)17-21(19,20)15-6-4-14(5-7-15)18(3)10-12-8-13(16)9-12/h4-7,11-13,17H,8-10,16H2,1-3H3. The first-order valence-electron chi connectivity index (χ1n) is 7.37. The quantitative estimate of drug-likeness (QED) is 0.836. The van der Waals surface area contributed by atoms with Crippen molar-refractivity contribution in [3.63, 3.8) is 0 Å². The lowest BCUT2D eigenvalue weighted by Crippen LogP contribution is -2.41. The van der Waals surface area contributed by atoms with Gasteiger partial charge in [-0.05, 0) is 56.9 Å². The van der Waals surface area contributed by atoms with E-state index in [0.29, 0.717) is 16.9 Å². The molecule has 1 aliphatic carbocycles. The molecule has 2 rings (SSSR count). The van der Waals surface area contributed by atoms with Gasteiger partial charge in [0.25, 0.3) is 0 Å². The molecule has 21 heavy (non-hydrogen) atoms. The number of hydrogen-bond acceptors (Lipinski definition) is 4. The van der Waals surface area contributed by atoms with Crippen molar-refractivity contribution in [2.45, 2.75) is 43.7 Å². The second-order valence-corrected chi connectivity index (χ2v) is 7.96. The van der Waals surface area contributed by atoms with Gasteiger partial charge in [0.2, 0.25) is 10.0 Å². The molecular formula is C15H25N3O2S. The molecule has 0 saturated heterocycles. The highest BCUT2D eigenvalue weighted by molar-refractivity contribution is 7.89. The van der Waals surface area contributed by atoms with Gasteiger partial charge in [0.1, 0.15) is 0 Å². The first kappa shape index (κ1) is 16.3. The van der Waals surface area contributed by atoms with E-state index in [4.69, 9.17) is 5.73 Å². The predicted molar refractivity (Wildman–Crippen MR) is 85.9 cm³/mol. The lowest BCUT2D eigenvalue weighted by Gasteiger charge is -2.36. The number of hydrogen-bond donors (Lipinski definition) is 2. The minimum atomic E-state index is -3.41. The Hall–Kier alpha value is -1.11. The minimum Gasteiger partial charge on any atom is -0.374 e. The molecule has 0 aromatic heterocycles. The molecule has 0 bridgehead atoms. The highest BCUT2D eigenvalue weighted by Gasteiger charge is 2.26. The molecule has 3 N–H and O–H groups in total. The number of nitrogens with two attached hydrogens (primary N) is 1. The van der Waals surface area contributed by atoms with Crippen LogP contribution in [0.25, 0.3) is 0 Å². The summed E-state index contributed by atoms with van der Waals surface area (Å²) in [5, 5.41) is 0. The summed E-state index contributed by atoms with van der Waals surface area (Å²) in [6.07, 6.45) is 2.16. The second kappa shape index (κ2) is 6.34. The smallest absolute Gasteiger partial charge is 0.240 e. The molecule has 118 valence electrons. The number of benzene rings is 1. The summed E-state index contributed by atoms with van der Waals surface area (Å²) in [7, 11) is -1.38. The molecule has 1 fully saturated rings. The maximum absolute atomic E-state index is 12.1. The van der Waals surface area contributed by atoms with E-state index in [1.807, 2.05) is 33.0 Å². The maximum atomic E-state index is 12.1. The third-order valence-corrected chi connectivity index (χ3v) is 5.46. The highest BCUT2D eigenvalue weighted by Crippen LogP contribution is 2.28. The van der Waals surface area contributed by atoms with E-state index < -0.39 is 10.0 Å². The molecule has 0 unspecified atom stereocenters. The first-order valence-corrected chi connectivity index (χ1v) is 8.85. The Kier molecular flexibility index (Phi) is 4.91. The number of anilines is 1. The van der Waals surface area contributed by atoms with Crippen LogP contribution in [0.4, 0.5) is 5.69 Å². The van der Waals surface area contributed by atoms with Crippen LogP contribution < -0.4 is 15.4 Å². The molecule has 0 aliphatic heterocycles. The fourth-order valence-corrected chi connectivity index (χ4v) is 3.94. The average Bonchev–Trinajstić information content (AvgIpc) is 2.35. The number of rotatable bonds is 6. The molecule has 0 spiro atoms. The van der Waals surface area contributed by atoms with Gasteiger partial charge >= 0.3 is 0 Å². The van der Waals surface area contributed by atoms with Crippen molar-refractivity contribution in [1.82, 2.24) is 4.72 Å². The van der Waals surface area contributed by atoms with Gasteiger partial charge in [0, 0.05) is 31.4 Å². The van der Waals surface area contributed by atoms with Crippen molar-refractivity contribution < 1.29 is 8.42 Å². The molecule has 1 aromatic carbocycles. The molecule has 0 atom stereocenters. The van der Waals surface area contributed by atoms with E-state index in [1.165, 1.54) is 0 Å². The van der Waals surface area contributed by atoms with Crippen LogP contribution in [0.3, 0.4) is 0 Å².